The van der Waals surface area contributed by atoms with E-state index in [1.165, 1.54) is 72.8 Å². The third-order valence-corrected chi connectivity index (χ3v) is 13.0. The Balaban J connectivity index is 0.909. The molecular formula is C70H66O23. The number of carbonyl (C=O) groups is 10. The van der Waals surface area contributed by atoms with Gasteiger partial charge in [0.2, 0.25) is 5.75 Å². The van der Waals surface area contributed by atoms with Crippen LogP contribution in [0.5, 0.6) is 69.0 Å². The van der Waals surface area contributed by atoms with Crippen molar-refractivity contribution in [2.24, 2.45) is 0 Å². The summed E-state index contributed by atoms with van der Waals surface area (Å²) in [5, 5.41) is 10.1. The number of carbonyl (C=O) groups excluding carboxylic acids is 9. The van der Waals surface area contributed by atoms with E-state index in [-0.39, 0.29) is 112 Å². The fourth-order valence-corrected chi connectivity index (χ4v) is 8.41. The molecule has 0 aliphatic rings. The Hall–Kier alpha value is -11.4. The van der Waals surface area contributed by atoms with Crippen LogP contribution in [0.4, 0.5) is 0 Å². The van der Waals surface area contributed by atoms with Crippen molar-refractivity contribution in [1.29, 1.82) is 0 Å². The number of hydrogen-bond donors (Lipinski definition) is 1. The normalized spacial score (nSPS) is 10.6. The number of unbranched alkanes of at least 4 members (excludes halogenated alkanes) is 3. The van der Waals surface area contributed by atoms with E-state index in [2.05, 4.69) is 0 Å². The summed E-state index contributed by atoms with van der Waals surface area (Å²) in [6, 6.07) is 38.3. The van der Waals surface area contributed by atoms with Gasteiger partial charge in [-0.2, -0.15) is 0 Å². The molecule has 484 valence electrons. The van der Waals surface area contributed by atoms with Crippen LogP contribution in [0.3, 0.4) is 0 Å². The highest BCUT2D eigenvalue weighted by molar-refractivity contribution is 5.93. The molecule has 23 heteroatoms. The highest BCUT2D eigenvalue weighted by Crippen LogP contribution is 2.40. The van der Waals surface area contributed by atoms with Crippen molar-refractivity contribution in [2.75, 3.05) is 19.8 Å². The summed E-state index contributed by atoms with van der Waals surface area (Å²) < 4.78 is 65.3. The largest absolute Gasteiger partial charge is 0.494 e. The molecule has 0 amide bonds. The Morgan fingerprint density at radius 3 is 0.720 bits per heavy atom. The molecule has 0 radical (unpaired) electrons. The monoisotopic (exact) mass is 1270 g/mol. The Bertz CT molecular complexity index is 3540. The average molecular weight is 1280 g/mol. The standard InChI is InChI=1S/C70H66O23/c1-4-82-49-25-19-45(20-26-49)68(79)88-55-37-31-52(32-38-55)85-60(71)13-7-10-16-63(74)91-58-43-48(67(77)78)44-59(92-64(75)17-11-8-14-61(72)86-53-33-39-56(40-34-53)89-69(80)46-21-27-50(28-22-46)83-5-2)66(58)93-65(76)18-12-9-15-62(73)87-54-35-41-57(42-36-54)90-70(81)47-23-29-51(30-24-47)84-6-3/h19-44H,4-18H2,1-3H3,(H,77,78). The predicted molar refractivity (Wildman–Crippen MR) is 330 cm³/mol. The van der Waals surface area contributed by atoms with Crippen molar-refractivity contribution in [1.82, 2.24) is 0 Å². The van der Waals surface area contributed by atoms with Crippen molar-refractivity contribution in [3.05, 3.63) is 180 Å². The lowest BCUT2D eigenvalue weighted by molar-refractivity contribution is -0.138. The molecule has 0 aliphatic carbocycles. The number of carboxylic acids is 1. The van der Waals surface area contributed by atoms with E-state index < -0.39 is 82.5 Å². The molecule has 0 aromatic heterocycles. The van der Waals surface area contributed by atoms with Gasteiger partial charge in [0.05, 0.1) is 42.1 Å². The van der Waals surface area contributed by atoms with E-state index in [4.69, 9.17) is 56.8 Å². The molecule has 0 saturated carbocycles. The highest BCUT2D eigenvalue weighted by Gasteiger charge is 2.25. The highest BCUT2D eigenvalue weighted by atomic mass is 16.6. The van der Waals surface area contributed by atoms with Crippen LogP contribution in [0.1, 0.15) is 139 Å². The third-order valence-electron chi connectivity index (χ3n) is 13.0. The van der Waals surface area contributed by atoms with Crippen LogP contribution in [0.15, 0.2) is 158 Å². The van der Waals surface area contributed by atoms with E-state index in [1.54, 1.807) is 72.8 Å². The molecule has 7 aromatic carbocycles. The molecule has 23 nitrogen and oxygen atoms in total. The average Bonchev–Trinajstić information content (AvgIpc) is 0.937. The van der Waals surface area contributed by atoms with E-state index in [9.17, 15) is 53.1 Å². The Labute approximate surface area is 534 Å². The van der Waals surface area contributed by atoms with Gasteiger partial charge in [0.15, 0.2) is 11.5 Å². The van der Waals surface area contributed by atoms with Crippen molar-refractivity contribution in [3.8, 4) is 69.0 Å². The SMILES string of the molecule is CCOc1ccc(C(=O)Oc2ccc(OC(=O)CCCCC(=O)Oc3cc(C(=O)O)cc(OC(=O)CCCCC(=O)Oc4ccc(OC(=O)c5ccc(OCC)cc5)cc4)c3OC(=O)CCCCC(=O)Oc3ccc(OC(=O)c4ccc(OCC)cc4)cc3)cc2)cc1. The third kappa shape index (κ3) is 23.2. The molecule has 7 aromatic rings. The van der Waals surface area contributed by atoms with Crippen LogP contribution in [0, 0.1) is 0 Å². The topological polar surface area (TPSA) is 302 Å². The molecule has 0 spiro atoms. The molecule has 0 bridgehead atoms. The van der Waals surface area contributed by atoms with Gasteiger partial charge in [0.1, 0.15) is 51.7 Å². The van der Waals surface area contributed by atoms with Gasteiger partial charge in [-0.05, 0) is 217 Å². The molecule has 0 aliphatic heterocycles. The molecule has 0 heterocycles. The quantitative estimate of drug-likeness (QED) is 0.0223. The fourth-order valence-electron chi connectivity index (χ4n) is 8.41. The van der Waals surface area contributed by atoms with Crippen molar-refractivity contribution in [3.63, 3.8) is 0 Å². The Morgan fingerprint density at radius 1 is 0.269 bits per heavy atom. The van der Waals surface area contributed by atoms with E-state index in [0.717, 1.165) is 12.1 Å². The number of aromatic carboxylic acids is 1. The summed E-state index contributed by atoms with van der Waals surface area (Å²) in [5.41, 5.74) is 0.360. The van der Waals surface area contributed by atoms with Crippen LogP contribution in [0.25, 0.3) is 0 Å². The summed E-state index contributed by atoms with van der Waals surface area (Å²) in [7, 11) is 0. The first-order valence-corrected chi connectivity index (χ1v) is 29.7. The summed E-state index contributed by atoms with van der Waals surface area (Å²) in [6.07, 6.45) is -0.822. The summed E-state index contributed by atoms with van der Waals surface area (Å²) in [4.78, 5) is 129. The number of rotatable bonds is 34. The number of hydrogen-bond acceptors (Lipinski definition) is 22. The van der Waals surface area contributed by atoms with E-state index in [0.29, 0.717) is 53.8 Å². The molecule has 0 unspecified atom stereocenters. The predicted octanol–water partition coefficient (Wildman–Crippen LogP) is 12.5. The Kier molecular flexibility index (Phi) is 26.6. The molecule has 93 heavy (non-hydrogen) atoms. The Morgan fingerprint density at radius 2 is 0.484 bits per heavy atom. The lowest BCUT2D eigenvalue weighted by Crippen LogP contribution is -2.16. The first-order valence-electron chi connectivity index (χ1n) is 29.7. The second-order valence-electron chi connectivity index (χ2n) is 20.0. The van der Waals surface area contributed by atoms with E-state index >= 15 is 0 Å². The van der Waals surface area contributed by atoms with Crippen LogP contribution in [-0.4, -0.2) is 84.6 Å². The lowest BCUT2D eigenvalue weighted by Gasteiger charge is -2.16. The van der Waals surface area contributed by atoms with Gasteiger partial charge in [-0.3, -0.25) is 28.8 Å². The van der Waals surface area contributed by atoms with Crippen molar-refractivity contribution < 1.29 is 110 Å². The van der Waals surface area contributed by atoms with Crippen molar-refractivity contribution >= 4 is 59.7 Å². The molecular weight excluding hydrogens is 1210 g/mol. The summed E-state index contributed by atoms with van der Waals surface area (Å²) in [6.45, 7) is 6.92. The van der Waals surface area contributed by atoms with E-state index in [1.807, 2.05) is 20.8 Å². The van der Waals surface area contributed by atoms with Gasteiger partial charge in [0, 0.05) is 38.5 Å². The fraction of sp³-hybridized carbons (Fsp3) is 0.257. The molecule has 0 fully saturated rings. The molecule has 7 rings (SSSR count). The minimum atomic E-state index is -1.54. The van der Waals surface area contributed by atoms with Crippen molar-refractivity contribution in [2.45, 2.75) is 97.8 Å². The minimum Gasteiger partial charge on any atom is -0.494 e. The number of carboxylic acid groups (broad SMARTS) is 1. The van der Waals surface area contributed by atoms with Gasteiger partial charge in [0.25, 0.3) is 0 Å². The minimum absolute atomic E-state index is 0.0645. The number of ether oxygens (including phenoxy) is 12. The van der Waals surface area contributed by atoms with Crippen LogP contribution in [0.2, 0.25) is 0 Å². The van der Waals surface area contributed by atoms with Gasteiger partial charge in [-0.25, -0.2) is 19.2 Å². The zero-order chi connectivity index (χ0) is 66.5. The maximum absolute atomic E-state index is 13.5. The van der Waals surface area contributed by atoms with Crippen LogP contribution >= 0.6 is 0 Å². The molecule has 1 N–H and O–H groups in total. The molecule has 0 atom stereocenters. The first-order chi connectivity index (χ1) is 44.9. The first kappa shape index (κ1) is 69.1. The second-order valence-corrected chi connectivity index (χ2v) is 20.0. The maximum Gasteiger partial charge on any atom is 0.343 e. The van der Waals surface area contributed by atoms with Gasteiger partial charge in [-0.1, -0.05) is 0 Å². The molecule has 0 saturated heterocycles. The zero-order valence-electron chi connectivity index (χ0n) is 51.0. The lowest BCUT2D eigenvalue weighted by atomic mass is 10.1. The van der Waals surface area contributed by atoms with Gasteiger partial charge >= 0.3 is 59.7 Å². The summed E-state index contributed by atoms with van der Waals surface area (Å²) >= 11 is 0. The number of esters is 9. The summed E-state index contributed by atoms with van der Waals surface area (Å²) in [5.74, 6) is -7.07. The second kappa shape index (κ2) is 35.7. The van der Waals surface area contributed by atoms with Gasteiger partial charge < -0.3 is 61.9 Å². The zero-order valence-corrected chi connectivity index (χ0v) is 51.0. The van der Waals surface area contributed by atoms with Gasteiger partial charge in [-0.15, -0.1) is 0 Å². The number of benzene rings is 7. The maximum atomic E-state index is 13.5. The smallest absolute Gasteiger partial charge is 0.343 e. The van der Waals surface area contributed by atoms with Crippen LogP contribution < -0.4 is 56.8 Å². The van der Waals surface area contributed by atoms with Crippen LogP contribution in [-0.2, 0) is 28.8 Å².